The number of halogens is 2. The van der Waals surface area contributed by atoms with Crippen LogP contribution < -0.4 is 18.9 Å². The lowest BCUT2D eigenvalue weighted by molar-refractivity contribution is -0.141. The monoisotopic (exact) mass is 676 g/mol. The summed E-state index contributed by atoms with van der Waals surface area (Å²) in [6.45, 7) is 3.18. The van der Waals surface area contributed by atoms with Crippen molar-refractivity contribution in [1.29, 1.82) is 0 Å². The number of unbranched alkanes of at least 4 members (excludes halogenated alkanes) is 2. The van der Waals surface area contributed by atoms with Gasteiger partial charge in [-0.15, -0.1) is 22.7 Å². The number of Topliss-reactive ketones (excluding diaryl/α,β-unsaturated/α-hetero) is 3. The van der Waals surface area contributed by atoms with Crippen molar-refractivity contribution in [3.05, 3.63) is 45.7 Å². The standard InChI is InChI=1S/C33H34F2O9S2/c1-17(33(39)40)12-22(38)28-14-20-26(46-28)16-24(42-4)32(30(20)35)44-11-7-5-6-10-43-31-23(41-3)15-25-19(29(31)34)13-27(45-25)21(37)9-8-18(2)36/h13-17H,5-12H2,1-4H3,(H,39,40)/t17-/m0/s1. The Hall–Kier alpha value is -4.10. The minimum atomic E-state index is -1.08. The second kappa shape index (κ2) is 15.5. The van der Waals surface area contributed by atoms with E-state index < -0.39 is 23.5 Å². The number of hydrogen-bond acceptors (Lipinski definition) is 10. The van der Waals surface area contributed by atoms with Gasteiger partial charge in [-0.3, -0.25) is 14.4 Å². The predicted octanol–water partition coefficient (Wildman–Crippen LogP) is 7.88. The quantitative estimate of drug-likeness (QED) is 0.0827. The first kappa shape index (κ1) is 34.8. The maximum Gasteiger partial charge on any atom is 0.306 e. The molecular weight excluding hydrogens is 642 g/mol. The molecule has 0 saturated carbocycles. The Morgan fingerprint density at radius 3 is 1.67 bits per heavy atom. The lowest BCUT2D eigenvalue weighted by Crippen LogP contribution is -2.13. The fourth-order valence-electron chi connectivity index (χ4n) is 4.65. The lowest BCUT2D eigenvalue weighted by Gasteiger charge is -2.13. The summed E-state index contributed by atoms with van der Waals surface area (Å²) < 4.78 is 54.0. The van der Waals surface area contributed by atoms with Gasteiger partial charge in [0.2, 0.25) is 0 Å². The van der Waals surface area contributed by atoms with Gasteiger partial charge in [-0.25, -0.2) is 8.78 Å². The molecule has 1 N–H and O–H groups in total. The second-order valence-corrected chi connectivity index (χ2v) is 12.9. The van der Waals surface area contributed by atoms with Gasteiger partial charge >= 0.3 is 5.97 Å². The molecule has 0 aliphatic heterocycles. The average Bonchev–Trinajstić information content (AvgIpc) is 3.66. The van der Waals surface area contributed by atoms with Gasteiger partial charge in [0.05, 0.1) is 43.1 Å². The molecule has 0 bridgehead atoms. The molecule has 0 fully saturated rings. The summed E-state index contributed by atoms with van der Waals surface area (Å²) in [6.07, 6.45) is 1.68. The van der Waals surface area contributed by atoms with Crippen molar-refractivity contribution in [2.45, 2.75) is 52.4 Å². The summed E-state index contributed by atoms with van der Waals surface area (Å²) in [5.41, 5.74) is 0. The molecule has 0 saturated heterocycles. The highest BCUT2D eigenvalue weighted by Crippen LogP contribution is 2.42. The van der Waals surface area contributed by atoms with E-state index in [1.54, 1.807) is 12.1 Å². The zero-order chi connectivity index (χ0) is 33.5. The zero-order valence-corrected chi connectivity index (χ0v) is 27.5. The Morgan fingerprint density at radius 2 is 1.24 bits per heavy atom. The van der Waals surface area contributed by atoms with Crippen molar-refractivity contribution >= 4 is 66.2 Å². The van der Waals surface area contributed by atoms with Crippen LogP contribution in [0.1, 0.15) is 71.7 Å². The molecule has 2 aromatic heterocycles. The number of methoxy groups -OCH3 is 2. The Bertz CT molecular complexity index is 1780. The van der Waals surface area contributed by atoms with Crippen LogP contribution in [0.5, 0.6) is 23.0 Å². The van der Waals surface area contributed by atoms with Crippen LogP contribution in [-0.2, 0) is 9.59 Å². The summed E-state index contributed by atoms with van der Waals surface area (Å²) in [5, 5.41) is 9.52. The van der Waals surface area contributed by atoms with Crippen molar-refractivity contribution in [3.8, 4) is 23.0 Å². The van der Waals surface area contributed by atoms with E-state index in [2.05, 4.69) is 0 Å². The third-order valence-corrected chi connectivity index (χ3v) is 9.50. The van der Waals surface area contributed by atoms with E-state index in [0.29, 0.717) is 33.5 Å². The first-order valence-electron chi connectivity index (χ1n) is 14.6. The number of aliphatic carboxylic acids is 1. The third kappa shape index (κ3) is 8.00. The number of ether oxygens (including phenoxy) is 4. The van der Waals surface area contributed by atoms with Gasteiger partial charge in [0.15, 0.2) is 46.2 Å². The van der Waals surface area contributed by atoms with Crippen LogP contribution in [-0.4, -0.2) is 55.9 Å². The summed E-state index contributed by atoms with van der Waals surface area (Å²) in [5.74, 6) is -3.72. The molecule has 0 spiro atoms. The smallest absolute Gasteiger partial charge is 0.306 e. The van der Waals surface area contributed by atoms with Crippen LogP contribution in [0.2, 0.25) is 0 Å². The lowest BCUT2D eigenvalue weighted by atomic mass is 10.0. The highest BCUT2D eigenvalue weighted by atomic mass is 32.1. The number of carbonyl (C=O) groups excluding carboxylic acids is 3. The molecule has 246 valence electrons. The maximum atomic E-state index is 15.4. The van der Waals surface area contributed by atoms with Crippen molar-refractivity contribution in [2.24, 2.45) is 5.92 Å². The minimum Gasteiger partial charge on any atom is -0.493 e. The van der Waals surface area contributed by atoms with Gasteiger partial charge in [0, 0.05) is 51.6 Å². The van der Waals surface area contributed by atoms with Gasteiger partial charge in [-0.05, 0) is 38.3 Å². The molecule has 0 unspecified atom stereocenters. The van der Waals surface area contributed by atoms with Gasteiger partial charge in [0.1, 0.15) is 5.78 Å². The Kier molecular flexibility index (Phi) is 11.7. The molecule has 0 amide bonds. The highest BCUT2D eigenvalue weighted by Gasteiger charge is 2.23. The molecule has 0 aliphatic rings. The second-order valence-electron chi connectivity index (χ2n) is 10.7. The van der Waals surface area contributed by atoms with Gasteiger partial charge in [0.25, 0.3) is 0 Å². The van der Waals surface area contributed by atoms with Gasteiger partial charge in [-0.1, -0.05) is 6.92 Å². The minimum absolute atomic E-state index is 0.0575. The molecule has 2 aromatic carbocycles. The molecule has 0 radical (unpaired) electrons. The molecule has 4 aromatic rings. The highest BCUT2D eigenvalue weighted by molar-refractivity contribution is 7.21. The van der Waals surface area contributed by atoms with E-state index in [1.165, 1.54) is 40.2 Å². The summed E-state index contributed by atoms with van der Waals surface area (Å²) >= 11 is 2.20. The van der Waals surface area contributed by atoms with Crippen LogP contribution in [0.15, 0.2) is 24.3 Å². The normalized spacial score (nSPS) is 11.9. The number of fused-ring (bicyclic) bond motifs is 2. The van der Waals surface area contributed by atoms with Crippen molar-refractivity contribution in [3.63, 3.8) is 0 Å². The molecule has 46 heavy (non-hydrogen) atoms. The van der Waals surface area contributed by atoms with Crippen LogP contribution in [0.3, 0.4) is 0 Å². The Labute approximate surface area is 272 Å². The van der Waals surface area contributed by atoms with Gasteiger partial charge < -0.3 is 28.8 Å². The Morgan fingerprint density at radius 1 is 0.761 bits per heavy atom. The predicted molar refractivity (Wildman–Crippen MR) is 172 cm³/mol. The van der Waals surface area contributed by atoms with Crippen molar-refractivity contribution in [2.75, 3.05) is 27.4 Å². The topological polar surface area (TPSA) is 125 Å². The average molecular weight is 677 g/mol. The van der Waals surface area contributed by atoms with E-state index in [9.17, 15) is 19.2 Å². The van der Waals surface area contributed by atoms with E-state index in [1.807, 2.05) is 0 Å². The molecule has 4 rings (SSSR count). The number of benzene rings is 2. The summed E-state index contributed by atoms with van der Waals surface area (Å²) in [6, 6.07) is 6.08. The zero-order valence-electron chi connectivity index (χ0n) is 25.8. The first-order chi connectivity index (χ1) is 21.9. The molecule has 0 aliphatic carbocycles. The number of carboxylic acid groups (broad SMARTS) is 1. The Balaban J connectivity index is 1.33. The van der Waals surface area contributed by atoms with Crippen molar-refractivity contribution in [1.82, 2.24) is 0 Å². The van der Waals surface area contributed by atoms with E-state index in [4.69, 9.17) is 24.1 Å². The van der Waals surface area contributed by atoms with Crippen LogP contribution in [0, 0.1) is 17.6 Å². The van der Waals surface area contributed by atoms with E-state index in [0.717, 1.165) is 22.7 Å². The van der Waals surface area contributed by atoms with Crippen LogP contribution in [0.25, 0.3) is 20.2 Å². The molecule has 2 heterocycles. The molecular formula is C33H34F2O9S2. The number of thiophene rings is 2. The third-order valence-electron chi connectivity index (χ3n) is 7.25. The maximum absolute atomic E-state index is 15.4. The number of ketones is 3. The van der Waals surface area contributed by atoms with E-state index >= 15 is 8.78 Å². The largest absolute Gasteiger partial charge is 0.493 e. The van der Waals surface area contributed by atoms with Gasteiger partial charge in [-0.2, -0.15) is 0 Å². The number of carbonyl (C=O) groups is 4. The first-order valence-corrected chi connectivity index (χ1v) is 16.2. The van der Waals surface area contributed by atoms with Crippen LogP contribution >= 0.6 is 22.7 Å². The summed E-state index contributed by atoms with van der Waals surface area (Å²) in [4.78, 5) is 48.0. The van der Waals surface area contributed by atoms with Crippen LogP contribution in [0.4, 0.5) is 8.78 Å². The molecule has 1 atom stereocenters. The SMILES string of the molecule is COc1cc2sc(C(=O)CCC(C)=O)cc2c(F)c1OCCCCCOc1c(OC)cc2sc(C(=O)C[C@H](C)C(=O)O)cc2c1F. The molecule has 9 nitrogen and oxygen atoms in total. The number of rotatable bonds is 18. The summed E-state index contributed by atoms with van der Waals surface area (Å²) in [7, 11) is 2.78. The fourth-order valence-corrected chi connectivity index (χ4v) is 6.74. The fraction of sp³-hybridized carbons (Fsp3) is 0.394. The number of hydrogen-bond donors (Lipinski definition) is 1. The number of carboxylic acids is 1. The van der Waals surface area contributed by atoms with E-state index in [-0.39, 0.29) is 88.5 Å². The van der Waals surface area contributed by atoms with Crippen molar-refractivity contribution < 1.29 is 52.0 Å². The molecule has 13 heteroatoms.